The van der Waals surface area contributed by atoms with Crippen molar-refractivity contribution in [3.05, 3.63) is 72.1 Å². The Bertz CT molecular complexity index is 1670. The number of para-hydroxylation sites is 2. The van der Waals surface area contributed by atoms with Crippen LogP contribution < -0.4 is 9.47 Å². The SMILES string of the molecule is CCC(Oc1ccc(S(=O)(=O)n2c([S+]([O-])Cc3nccc(OCC(F)(F)F)c3C)nc3ccccc32)cc1)C(=O)O.[NaH]. The minimum atomic E-state index is -4.56. The summed E-state index contributed by atoms with van der Waals surface area (Å²) >= 11 is -2.11. The molecular weight excluding hydrogens is 610 g/mol. The third kappa shape index (κ3) is 7.57. The number of hydrogen-bond donors (Lipinski definition) is 1. The van der Waals surface area contributed by atoms with Crippen LogP contribution in [0.2, 0.25) is 0 Å². The summed E-state index contributed by atoms with van der Waals surface area (Å²) in [5.41, 5.74) is 0.765. The van der Waals surface area contributed by atoms with Crippen molar-refractivity contribution in [2.45, 2.75) is 48.4 Å². The zero-order chi connectivity index (χ0) is 29.9. The van der Waals surface area contributed by atoms with Crippen LogP contribution >= 0.6 is 0 Å². The maximum absolute atomic E-state index is 13.8. The molecule has 2 heterocycles. The number of ether oxygens (including phenoxy) is 2. The normalized spacial score (nSPS) is 13.3. The summed E-state index contributed by atoms with van der Waals surface area (Å²) in [5, 5.41) is 8.89. The molecular formula is C26H25F3N3NaO7S2. The van der Waals surface area contributed by atoms with Gasteiger partial charge in [-0.15, -0.1) is 0 Å². The zero-order valence-electron chi connectivity index (χ0n) is 21.7. The topological polar surface area (TPSA) is 144 Å². The van der Waals surface area contributed by atoms with E-state index in [1.54, 1.807) is 25.1 Å². The van der Waals surface area contributed by atoms with Gasteiger partial charge in [-0.25, -0.2) is 13.2 Å². The molecule has 1 N–H and O–H groups in total. The number of nitrogens with zero attached hydrogens (tertiary/aromatic N) is 3. The van der Waals surface area contributed by atoms with Crippen LogP contribution in [0.5, 0.6) is 11.5 Å². The number of aliphatic carboxylic acids is 1. The number of pyridine rings is 1. The number of aromatic nitrogens is 3. The molecule has 0 fully saturated rings. The van der Waals surface area contributed by atoms with Crippen molar-refractivity contribution in [3.8, 4) is 11.5 Å². The third-order valence-electron chi connectivity index (χ3n) is 5.90. The van der Waals surface area contributed by atoms with Crippen LogP contribution in [0, 0.1) is 6.92 Å². The van der Waals surface area contributed by atoms with Gasteiger partial charge < -0.3 is 19.1 Å². The van der Waals surface area contributed by atoms with Crippen LogP contribution in [0.3, 0.4) is 0 Å². The quantitative estimate of drug-likeness (QED) is 0.192. The van der Waals surface area contributed by atoms with E-state index >= 15 is 0 Å². The number of imidazole rings is 1. The Balaban J connectivity index is 0.00000484. The van der Waals surface area contributed by atoms with Gasteiger partial charge in [0.15, 0.2) is 18.5 Å². The van der Waals surface area contributed by atoms with Crippen molar-refractivity contribution in [1.82, 2.24) is 13.9 Å². The first-order valence-corrected chi connectivity index (χ1v) is 14.8. The summed E-state index contributed by atoms with van der Waals surface area (Å²) in [5.74, 6) is -1.47. The van der Waals surface area contributed by atoms with Crippen LogP contribution in [0.1, 0.15) is 24.6 Å². The van der Waals surface area contributed by atoms with E-state index in [0.717, 1.165) is 3.97 Å². The van der Waals surface area contributed by atoms with Crippen molar-refractivity contribution < 1.29 is 45.5 Å². The fraction of sp³-hybridized carbons (Fsp3) is 0.269. The first kappa shape index (κ1) is 33.7. The molecule has 0 radical (unpaired) electrons. The molecule has 0 amide bonds. The summed E-state index contributed by atoms with van der Waals surface area (Å²) < 4.78 is 90.2. The van der Waals surface area contributed by atoms with Gasteiger partial charge in [0.05, 0.1) is 21.6 Å². The van der Waals surface area contributed by atoms with E-state index in [2.05, 4.69) is 9.97 Å². The van der Waals surface area contributed by atoms with E-state index in [1.165, 1.54) is 49.5 Å². The third-order valence-corrected chi connectivity index (χ3v) is 8.95. The standard InChI is InChI=1S/C26H24F3N3O7S2.Na.H/c1-3-22(24(33)34)39-17-8-10-18(11-9-17)41(36,37)32-21-7-5-4-6-19(21)31-25(32)40(35)14-20-16(2)23(12-13-30-20)38-15-26(27,28)29;;/h4-13,22H,3,14-15H2,1-2H3,(H,33,34);;. The van der Waals surface area contributed by atoms with E-state index < -0.39 is 46.1 Å². The van der Waals surface area contributed by atoms with Crippen molar-refractivity contribution in [2.24, 2.45) is 0 Å². The van der Waals surface area contributed by atoms with E-state index in [9.17, 15) is 36.0 Å². The Morgan fingerprint density at radius 3 is 2.43 bits per heavy atom. The molecule has 4 rings (SSSR count). The van der Waals surface area contributed by atoms with Crippen molar-refractivity contribution >= 4 is 67.8 Å². The van der Waals surface area contributed by atoms with Crippen LogP contribution in [0.25, 0.3) is 11.0 Å². The van der Waals surface area contributed by atoms with Gasteiger partial charge in [-0.1, -0.05) is 19.1 Å². The zero-order valence-corrected chi connectivity index (χ0v) is 23.3. The minimum absolute atomic E-state index is 0. The number of carboxylic acids is 1. The molecule has 2 atom stereocenters. The van der Waals surface area contributed by atoms with Crippen LogP contribution in [-0.4, -0.2) is 86.4 Å². The fourth-order valence-electron chi connectivity index (χ4n) is 3.83. The molecule has 2 unspecified atom stereocenters. The number of alkyl halides is 3. The molecule has 0 saturated carbocycles. The van der Waals surface area contributed by atoms with Crippen LogP contribution in [0.15, 0.2) is 70.8 Å². The van der Waals surface area contributed by atoms with Gasteiger partial charge in [0.1, 0.15) is 11.5 Å². The number of halogens is 3. The second-order valence-corrected chi connectivity index (χ2v) is 11.9. The van der Waals surface area contributed by atoms with Gasteiger partial charge in [-0.3, -0.25) is 4.98 Å². The fourth-order valence-corrected chi connectivity index (χ4v) is 6.88. The van der Waals surface area contributed by atoms with Gasteiger partial charge in [-0.05, 0) is 55.8 Å². The molecule has 0 spiro atoms. The molecule has 2 aromatic heterocycles. The summed E-state index contributed by atoms with van der Waals surface area (Å²) in [7, 11) is -4.38. The van der Waals surface area contributed by atoms with Crippen LogP contribution in [-0.2, 0) is 31.7 Å². The molecule has 2 aromatic carbocycles. The van der Waals surface area contributed by atoms with Gasteiger partial charge in [-0.2, -0.15) is 22.1 Å². The number of carbonyl (C=O) groups is 1. The molecule has 42 heavy (non-hydrogen) atoms. The van der Waals surface area contributed by atoms with Crippen molar-refractivity contribution in [2.75, 3.05) is 6.61 Å². The molecule has 0 aliphatic heterocycles. The average molecular weight is 636 g/mol. The molecule has 16 heteroatoms. The predicted octanol–water partition coefficient (Wildman–Crippen LogP) is 3.82. The first-order valence-electron chi connectivity index (χ1n) is 12.1. The number of fused-ring (bicyclic) bond motifs is 1. The van der Waals surface area contributed by atoms with Crippen molar-refractivity contribution in [3.63, 3.8) is 0 Å². The molecule has 10 nitrogen and oxygen atoms in total. The number of carboxylic acid groups (broad SMARTS) is 1. The van der Waals surface area contributed by atoms with Gasteiger partial charge in [0, 0.05) is 22.9 Å². The Morgan fingerprint density at radius 2 is 1.81 bits per heavy atom. The molecule has 0 aliphatic carbocycles. The number of rotatable bonds is 11. The summed E-state index contributed by atoms with van der Waals surface area (Å²) in [6.07, 6.45) is -4.27. The summed E-state index contributed by atoms with van der Waals surface area (Å²) in [6, 6.07) is 12.6. The Morgan fingerprint density at radius 1 is 1.14 bits per heavy atom. The van der Waals surface area contributed by atoms with E-state index in [0.29, 0.717) is 0 Å². The summed E-state index contributed by atoms with van der Waals surface area (Å²) in [6.45, 7) is 1.57. The van der Waals surface area contributed by atoms with Crippen LogP contribution in [0.4, 0.5) is 13.2 Å². The second-order valence-electron chi connectivity index (χ2n) is 8.75. The monoisotopic (exact) mass is 635 g/mol. The second kappa shape index (κ2) is 13.7. The molecule has 0 saturated heterocycles. The van der Waals surface area contributed by atoms with Gasteiger partial charge in [0.2, 0.25) is 0 Å². The van der Waals surface area contributed by atoms with Gasteiger partial charge >= 0.3 is 46.9 Å². The first-order chi connectivity index (χ1) is 19.3. The van der Waals surface area contributed by atoms with E-state index in [-0.39, 0.29) is 85.6 Å². The Kier molecular flexibility index (Phi) is 10.9. The molecule has 220 valence electrons. The van der Waals surface area contributed by atoms with E-state index in [4.69, 9.17) is 9.47 Å². The average Bonchev–Trinajstić information content (AvgIpc) is 3.32. The maximum atomic E-state index is 13.8. The predicted molar refractivity (Wildman–Crippen MR) is 149 cm³/mol. The molecule has 0 bridgehead atoms. The number of benzene rings is 2. The Hall–Kier alpha value is -2.82. The van der Waals surface area contributed by atoms with E-state index in [1.807, 2.05) is 0 Å². The van der Waals surface area contributed by atoms with Gasteiger partial charge in [0.25, 0.3) is 10.0 Å². The number of hydrogen-bond acceptors (Lipinski definition) is 8. The van der Waals surface area contributed by atoms with Crippen molar-refractivity contribution in [1.29, 1.82) is 0 Å². The molecule has 4 aromatic rings. The molecule has 0 aliphatic rings. The Labute approximate surface area is 264 Å². The summed E-state index contributed by atoms with van der Waals surface area (Å²) in [4.78, 5) is 19.5.